The van der Waals surface area contributed by atoms with Crippen molar-refractivity contribution < 1.29 is 4.79 Å². The Labute approximate surface area is 123 Å². The lowest BCUT2D eigenvalue weighted by atomic mass is 10.2. The van der Waals surface area contributed by atoms with E-state index in [1.165, 1.54) is 0 Å². The number of hydrogen-bond donors (Lipinski definition) is 0. The van der Waals surface area contributed by atoms with Crippen molar-refractivity contribution >= 4 is 29.3 Å². The van der Waals surface area contributed by atoms with Gasteiger partial charge in [0.1, 0.15) is 5.37 Å². The number of thioether (sulfide) groups is 1. The van der Waals surface area contributed by atoms with Gasteiger partial charge in [-0.25, -0.2) is 0 Å². The Morgan fingerprint density at radius 1 is 1.47 bits per heavy atom. The average Bonchev–Trinajstić information content (AvgIpc) is 2.71. The Balaban J connectivity index is 2.04. The SMILES string of the molecule is CN(C)CCCN1C(=O)CS[C@H]1c1cccc(Cl)c1. The molecule has 0 aliphatic carbocycles. The molecule has 0 bridgehead atoms. The molecular weight excluding hydrogens is 280 g/mol. The van der Waals surface area contributed by atoms with E-state index in [0.29, 0.717) is 5.75 Å². The Kier molecular flexibility index (Phi) is 5.13. The summed E-state index contributed by atoms with van der Waals surface area (Å²) < 4.78 is 0. The highest BCUT2D eigenvalue weighted by molar-refractivity contribution is 8.00. The number of carbonyl (C=O) groups excluding carboxylic acids is 1. The fourth-order valence-corrected chi connectivity index (χ4v) is 3.60. The van der Waals surface area contributed by atoms with Crippen molar-refractivity contribution in [3.05, 3.63) is 34.9 Å². The van der Waals surface area contributed by atoms with Gasteiger partial charge in [0.25, 0.3) is 0 Å². The van der Waals surface area contributed by atoms with Crippen LogP contribution < -0.4 is 0 Å². The summed E-state index contributed by atoms with van der Waals surface area (Å²) in [7, 11) is 4.10. The van der Waals surface area contributed by atoms with Gasteiger partial charge in [0.2, 0.25) is 5.91 Å². The van der Waals surface area contributed by atoms with Crippen LogP contribution in [0.15, 0.2) is 24.3 Å². The van der Waals surface area contributed by atoms with Crippen LogP contribution >= 0.6 is 23.4 Å². The lowest BCUT2D eigenvalue weighted by molar-refractivity contribution is -0.128. The molecule has 0 radical (unpaired) electrons. The van der Waals surface area contributed by atoms with E-state index >= 15 is 0 Å². The van der Waals surface area contributed by atoms with Crippen molar-refractivity contribution in [3.8, 4) is 0 Å². The molecule has 1 aromatic rings. The molecule has 1 atom stereocenters. The van der Waals surface area contributed by atoms with Crippen molar-refractivity contribution in [2.75, 3.05) is 32.9 Å². The molecule has 1 amide bonds. The zero-order valence-electron chi connectivity index (χ0n) is 11.3. The number of amides is 1. The Bertz CT molecular complexity index is 453. The topological polar surface area (TPSA) is 23.6 Å². The second-order valence-corrected chi connectivity index (χ2v) is 6.47. The molecule has 3 nitrogen and oxygen atoms in total. The molecule has 1 heterocycles. The first-order chi connectivity index (χ1) is 9.08. The summed E-state index contributed by atoms with van der Waals surface area (Å²) in [4.78, 5) is 16.1. The van der Waals surface area contributed by atoms with E-state index in [9.17, 15) is 4.79 Å². The standard InChI is InChI=1S/C14H19ClN2OS/c1-16(2)7-4-8-17-13(18)10-19-14(17)11-5-3-6-12(15)9-11/h3,5-6,9,14H,4,7-8,10H2,1-2H3/t14-/m0/s1. The van der Waals surface area contributed by atoms with Crippen LogP contribution in [0.2, 0.25) is 5.02 Å². The molecule has 0 aromatic heterocycles. The predicted octanol–water partition coefficient (Wildman–Crippen LogP) is 2.87. The highest BCUT2D eigenvalue weighted by Gasteiger charge is 2.32. The normalized spacial score (nSPS) is 19.5. The highest BCUT2D eigenvalue weighted by Crippen LogP contribution is 2.39. The lowest BCUT2D eigenvalue weighted by Gasteiger charge is -2.25. The van der Waals surface area contributed by atoms with Crippen LogP contribution in [0.1, 0.15) is 17.4 Å². The molecule has 1 aliphatic heterocycles. The van der Waals surface area contributed by atoms with E-state index in [0.717, 1.165) is 30.1 Å². The quantitative estimate of drug-likeness (QED) is 0.835. The second-order valence-electron chi connectivity index (χ2n) is 4.96. The van der Waals surface area contributed by atoms with Gasteiger partial charge in [0.15, 0.2) is 0 Å². The van der Waals surface area contributed by atoms with Gasteiger partial charge in [-0.05, 0) is 44.8 Å². The number of benzene rings is 1. The monoisotopic (exact) mass is 298 g/mol. The van der Waals surface area contributed by atoms with E-state index in [1.54, 1.807) is 11.8 Å². The van der Waals surface area contributed by atoms with Gasteiger partial charge < -0.3 is 9.80 Å². The third-order valence-corrected chi connectivity index (χ3v) is 4.60. The Morgan fingerprint density at radius 2 is 2.26 bits per heavy atom. The van der Waals surface area contributed by atoms with Crippen molar-refractivity contribution in [1.82, 2.24) is 9.80 Å². The van der Waals surface area contributed by atoms with Crippen molar-refractivity contribution in [3.63, 3.8) is 0 Å². The smallest absolute Gasteiger partial charge is 0.233 e. The first-order valence-electron chi connectivity index (χ1n) is 6.39. The Morgan fingerprint density at radius 3 is 2.95 bits per heavy atom. The third-order valence-electron chi connectivity index (χ3n) is 3.11. The summed E-state index contributed by atoms with van der Waals surface area (Å²) in [5.41, 5.74) is 1.12. The summed E-state index contributed by atoms with van der Waals surface area (Å²) in [6, 6.07) is 7.81. The zero-order chi connectivity index (χ0) is 13.8. The predicted molar refractivity (Wildman–Crippen MR) is 81.5 cm³/mol. The van der Waals surface area contributed by atoms with Gasteiger partial charge in [-0.1, -0.05) is 23.7 Å². The van der Waals surface area contributed by atoms with Crippen molar-refractivity contribution in [2.24, 2.45) is 0 Å². The average molecular weight is 299 g/mol. The molecule has 104 valence electrons. The third kappa shape index (κ3) is 3.88. The molecule has 0 unspecified atom stereocenters. The van der Waals surface area contributed by atoms with Crippen molar-refractivity contribution in [2.45, 2.75) is 11.8 Å². The number of carbonyl (C=O) groups is 1. The number of hydrogen-bond acceptors (Lipinski definition) is 3. The molecule has 1 fully saturated rings. The summed E-state index contributed by atoms with van der Waals surface area (Å²) in [6.07, 6.45) is 0.996. The highest BCUT2D eigenvalue weighted by atomic mass is 35.5. The minimum Gasteiger partial charge on any atom is -0.326 e. The molecule has 1 saturated heterocycles. The van der Waals surface area contributed by atoms with Gasteiger partial charge in [0, 0.05) is 11.6 Å². The van der Waals surface area contributed by atoms with Gasteiger partial charge in [0.05, 0.1) is 5.75 Å². The van der Waals surface area contributed by atoms with Gasteiger partial charge in [-0.3, -0.25) is 4.79 Å². The molecule has 5 heteroatoms. The number of halogens is 1. The number of nitrogens with zero attached hydrogens (tertiary/aromatic N) is 2. The maximum atomic E-state index is 12.0. The largest absolute Gasteiger partial charge is 0.326 e. The van der Waals surface area contributed by atoms with Gasteiger partial charge in [-0.2, -0.15) is 0 Å². The van der Waals surface area contributed by atoms with Crippen LogP contribution in [0, 0.1) is 0 Å². The molecule has 1 aromatic carbocycles. The molecule has 0 saturated carbocycles. The summed E-state index contributed by atoms with van der Waals surface area (Å²) in [5.74, 6) is 0.799. The first kappa shape index (κ1) is 14.7. The minimum atomic E-state index is 0.119. The molecule has 1 aliphatic rings. The van der Waals surface area contributed by atoms with Crippen LogP contribution in [0.4, 0.5) is 0 Å². The first-order valence-corrected chi connectivity index (χ1v) is 7.82. The van der Waals surface area contributed by atoms with Crippen LogP contribution in [-0.4, -0.2) is 48.6 Å². The Hall–Kier alpha value is -0.710. The van der Waals surface area contributed by atoms with Gasteiger partial charge in [-0.15, -0.1) is 11.8 Å². The van der Waals surface area contributed by atoms with Crippen LogP contribution in [-0.2, 0) is 4.79 Å². The molecular formula is C14H19ClN2OS. The summed E-state index contributed by atoms with van der Waals surface area (Å²) in [5, 5.41) is 0.846. The molecule has 19 heavy (non-hydrogen) atoms. The molecule has 0 N–H and O–H groups in total. The van der Waals surface area contributed by atoms with E-state index in [-0.39, 0.29) is 11.3 Å². The van der Waals surface area contributed by atoms with Crippen molar-refractivity contribution in [1.29, 1.82) is 0 Å². The fraction of sp³-hybridized carbons (Fsp3) is 0.500. The summed E-state index contributed by atoms with van der Waals surface area (Å²) >= 11 is 7.72. The maximum absolute atomic E-state index is 12.0. The van der Waals surface area contributed by atoms with E-state index in [2.05, 4.69) is 19.0 Å². The van der Waals surface area contributed by atoms with E-state index < -0.39 is 0 Å². The van der Waals surface area contributed by atoms with Crippen LogP contribution in [0.5, 0.6) is 0 Å². The van der Waals surface area contributed by atoms with Crippen LogP contribution in [0.25, 0.3) is 0 Å². The minimum absolute atomic E-state index is 0.119. The molecule has 2 rings (SSSR count). The van der Waals surface area contributed by atoms with E-state index in [1.807, 2.05) is 29.2 Å². The van der Waals surface area contributed by atoms with E-state index in [4.69, 9.17) is 11.6 Å². The van der Waals surface area contributed by atoms with Gasteiger partial charge >= 0.3 is 0 Å². The number of rotatable bonds is 5. The molecule has 0 spiro atoms. The zero-order valence-corrected chi connectivity index (χ0v) is 12.9. The fourth-order valence-electron chi connectivity index (χ4n) is 2.19. The maximum Gasteiger partial charge on any atom is 0.233 e. The second kappa shape index (κ2) is 6.64. The van der Waals surface area contributed by atoms with Crippen LogP contribution in [0.3, 0.4) is 0 Å². The lowest BCUT2D eigenvalue weighted by Crippen LogP contribution is -2.31. The summed E-state index contributed by atoms with van der Waals surface area (Å²) in [6.45, 7) is 1.80.